The fourth-order valence-electron chi connectivity index (χ4n) is 4.39. The van der Waals surface area contributed by atoms with E-state index in [1.807, 2.05) is 0 Å². The lowest BCUT2D eigenvalue weighted by Crippen LogP contribution is -2.44. The Kier molecular flexibility index (Phi) is 5.36. The number of ether oxygens (including phenoxy) is 1. The van der Waals surface area contributed by atoms with Gasteiger partial charge in [-0.2, -0.15) is 18.2 Å². The topological polar surface area (TPSA) is 78.7 Å². The van der Waals surface area contributed by atoms with Crippen LogP contribution < -0.4 is 11.2 Å². The Morgan fingerprint density at radius 2 is 1.74 bits per heavy atom. The van der Waals surface area contributed by atoms with Gasteiger partial charge in [-0.25, -0.2) is 4.79 Å². The number of nitrogens with zero attached hydrogens (tertiary/aromatic N) is 6. The SMILES string of the molecule is Cc1cn2c3c(=O)n(CCN4CCOCC4)c(=O)n(C)c3nc2n1-c1ccc(C(F)(F)F)cc1. The predicted molar refractivity (Wildman–Crippen MR) is 119 cm³/mol. The van der Waals surface area contributed by atoms with Crippen molar-refractivity contribution in [1.82, 2.24) is 28.0 Å². The Morgan fingerprint density at radius 3 is 2.38 bits per heavy atom. The fourth-order valence-corrected chi connectivity index (χ4v) is 4.39. The lowest BCUT2D eigenvalue weighted by Gasteiger charge is -2.26. The van der Waals surface area contributed by atoms with Gasteiger partial charge in [-0.15, -0.1) is 0 Å². The van der Waals surface area contributed by atoms with Crippen molar-refractivity contribution in [3.63, 3.8) is 0 Å². The number of alkyl halides is 3. The predicted octanol–water partition coefficient (Wildman–Crippen LogP) is 1.80. The molecule has 4 aromatic rings. The molecular weight excluding hydrogens is 453 g/mol. The molecule has 34 heavy (non-hydrogen) atoms. The minimum atomic E-state index is -4.44. The zero-order chi connectivity index (χ0) is 24.2. The van der Waals surface area contributed by atoms with Crippen molar-refractivity contribution in [3.8, 4) is 5.69 Å². The van der Waals surface area contributed by atoms with Crippen LogP contribution >= 0.6 is 0 Å². The van der Waals surface area contributed by atoms with Gasteiger partial charge < -0.3 is 4.74 Å². The summed E-state index contributed by atoms with van der Waals surface area (Å²) in [6.07, 6.45) is -2.74. The first-order valence-corrected chi connectivity index (χ1v) is 10.8. The molecule has 0 bridgehead atoms. The summed E-state index contributed by atoms with van der Waals surface area (Å²) in [6, 6.07) is 4.72. The molecule has 0 N–H and O–H groups in total. The van der Waals surface area contributed by atoms with Gasteiger partial charge in [0.2, 0.25) is 5.78 Å². The molecule has 12 heteroatoms. The van der Waals surface area contributed by atoms with Crippen LogP contribution in [-0.2, 0) is 24.5 Å². The highest BCUT2D eigenvalue weighted by Gasteiger charge is 2.30. The zero-order valence-electron chi connectivity index (χ0n) is 18.7. The van der Waals surface area contributed by atoms with Gasteiger partial charge in [0, 0.05) is 50.8 Å². The van der Waals surface area contributed by atoms with Crippen LogP contribution in [0.2, 0.25) is 0 Å². The second kappa shape index (κ2) is 8.13. The van der Waals surface area contributed by atoms with Crippen molar-refractivity contribution in [2.75, 3.05) is 32.8 Å². The summed E-state index contributed by atoms with van der Waals surface area (Å²) in [5, 5.41) is 0. The standard InChI is InChI=1S/C22H23F3N6O3/c1-14-13-30-17-18(26-20(30)31(14)16-5-3-15(4-6-16)22(23,24)25)27(2)21(33)29(19(17)32)8-7-28-9-11-34-12-10-28/h3-6,13H,7-12H2,1-2H3. The second-order valence-corrected chi connectivity index (χ2v) is 8.36. The molecular formula is C22H23F3N6O3. The summed E-state index contributed by atoms with van der Waals surface area (Å²) >= 11 is 0. The van der Waals surface area contributed by atoms with E-state index in [0.29, 0.717) is 36.9 Å². The Bertz CT molecular complexity index is 1490. The van der Waals surface area contributed by atoms with E-state index in [9.17, 15) is 22.8 Å². The molecule has 1 aromatic carbocycles. The number of halogens is 3. The van der Waals surface area contributed by atoms with E-state index in [4.69, 9.17) is 4.74 Å². The number of benzene rings is 1. The number of imidazole rings is 2. The molecule has 0 saturated carbocycles. The first kappa shape index (κ1) is 22.4. The summed E-state index contributed by atoms with van der Waals surface area (Å²) in [4.78, 5) is 33.0. The third kappa shape index (κ3) is 3.62. The number of aryl methyl sites for hydroxylation is 2. The van der Waals surface area contributed by atoms with Crippen molar-refractivity contribution in [2.45, 2.75) is 19.6 Å². The molecule has 5 rings (SSSR count). The van der Waals surface area contributed by atoms with E-state index in [2.05, 4.69) is 9.88 Å². The molecule has 1 aliphatic rings. The average molecular weight is 476 g/mol. The monoisotopic (exact) mass is 476 g/mol. The molecule has 0 atom stereocenters. The highest BCUT2D eigenvalue weighted by Crippen LogP contribution is 2.30. The lowest BCUT2D eigenvalue weighted by atomic mass is 10.2. The van der Waals surface area contributed by atoms with Crippen LogP contribution in [0.3, 0.4) is 0 Å². The molecule has 1 saturated heterocycles. The highest BCUT2D eigenvalue weighted by atomic mass is 19.4. The molecule has 3 aromatic heterocycles. The number of morpholine rings is 1. The summed E-state index contributed by atoms with van der Waals surface area (Å²) in [5.41, 5.74) is -0.0734. The van der Waals surface area contributed by atoms with Crippen LogP contribution in [0.4, 0.5) is 13.2 Å². The van der Waals surface area contributed by atoms with Crippen molar-refractivity contribution < 1.29 is 17.9 Å². The van der Waals surface area contributed by atoms with Gasteiger partial charge in [0.25, 0.3) is 5.56 Å². The third-order valence-corrected chi connectivity index (χ3v) is 6.22. The Labute approximate surface area is 191 Å². The lowest BCUT2D eigenvalue weighted by molar-refractivity contribution is -0.137. The Morgan fingerprint density at radius 1 is 1.06 bits per heavy atom. The number of aromatic nitrogens is 5. The molecule has 0 aliphatic carbocycles. The van der Waals surface area contributed by atoms with Crippen molar-refractivity contribution >= 4 is 16.9 Å². The molecule has 4 heterocycles. The van der Waals surface area contributed by atoms with Crippen LogP contribution in [0.15, 0.2) is 40.1 Å². The van der Waals surface area contributed by atoms with E-state index in [-0.39, 0.29) is 17.7 Å². The van der Waals surface area contributed by atoms with Gasteiger partial charge in [-0.1, -0.05) is 0 Å². The van der Waals surface area contributed by atoms with Crippen LogP contribution in [0.5, 0.6) is 0 Å². The average Bonchev–Trinajstić information content (AvgIpc) is 3.32. The van der Waals surface area contributed by atoms with Gasteiger partial charge in [-0.05, 0) is 31.2 Å². The molecule has 1 fully saturated rings. The zero-order valence-corrected chi connectivity index (χ0v) is 18.7. The highest BCUT2D eigenvalue weighted by molar-refractivity contribution is 5.76. The third-order valence-electron chi connectivity index (χ3n) is 6.22. The minimum absolute atomic E-state index is 0.216. The van der Waals surface area contributed by atoms with Crippen LogP contribution in [0.1, 0.15) is 11.3 Å². The molecule has 0 radical (unpaired) electrons. The van der Waals surface area contributed by atoms with E-state index >= 15 is 0 Å². The molecule has 1 aliphatic heterocycles. The summed E-state index contributed by atoms with van der Waals surface area (Å²) in [5.74, 6) is 0.338. The van der Waals surface area contributed by atoms with Crippen LogP contribution in [0, 0.1) is 6.92 Å². The minimum Gasteiger partial charge on any atom is -0.379 e. The number of rotatable bonds is 4. The first-order chi connectivity index (χ1) is 16.2. The maximum Gasteiger partial charge on any atom is 0.416 e. The number of hydrogen-bond donors (Lipinski definition) is 0. The van der Waals surface area contributed by atoms with E-state index in [0.717, 1.165) is 25.2 Å². The van der Waals surface area contributed by atoms with Gasteiger partial charge in [0.1, 0.15) is 0 Å². The Hall–Kier alpha value is -3.38. The van der Waals surface area contributed by atoms with Gasteiger partial charge >= 0.3 is 11.9 Å². The number of hydrogen-bond acceptors (Lipinski definition) is 5. The van der Waals surface area contributed by atoms with Gasteiger partial charge in [-0.3, -0.25) is 27.8 Å². The van der Waals surface area contributed by atoms with Gasteiger partial charge in [0.15, 0.2) is 11.2 Å². The maximum atomic E-state index is 13.4. The van der Waals surface area contributed by atoms with E-state index in [1.165, 1.54) is 21.3 Å². The van der Waals surface area contributed by atoms with E-state index in [1.54, 1.807) is 29.1 Å². The van der Waals surface area contributed by atoms with Crippen molar-refractivity contribution in [1.29, 1.82) is 0 Å². The molecule has 0 amide bonds. The smallest absolute Gasteiger partial charge is 0.379 e. The van der Waals surface area contributed by atoms with Crippen molar-refractivity contribution in [2.24, 2.45) is 7.05 Å². The quantitative estimate of drug-likeness (QED) is 0.449. The summed E-state index contributed by atoms with van der Waals surface area (Å²) < 4.78 is 50.1. The normalized spacial score (nSPS) is 15.6. The molecule has 9 nitrogen and oxygen atoms in total. The van der Waals surface area contributed by atoms with Crippen LogP contribution in [0.25, 0.3) is 22.6 Å². The molecule has 0 unspecified atom stereocenters. The van der Waals surface area contributed by atoms with Crippen LogP contribution in [-0.4, -0.2) is 60.8 Å². The summed E-state index contributed by atoms with van der Waals surface area (Å²) in [6.45, 7) is 5.26. The maximum absolute atomic E-state index is 13.4. The van der Waals surface area contributed by atoms with Gasteiger partial charge in [0.05, 0.1) is 18.8 Å². The first-order valence-electron chi connectivity index (χ1n) is 10.8. The largest absolute Gasteiger partial charge is 0.416 e. The second-order valence-electron chi connectivity index (χ2n) is 8.36. The Balaban J connectivity index is 1.62. The summed E-state index contributed by atoms with van der Waals surface area (Å²) in [7, 11) is 1.55. The number of fused-ring (bicyclic) bond motifs is 3. The van der Waals surface area contributed by atoms with E-state index < -0.39 is 23.0 Å². The van der Waals surface area contributed by atoms with Crippen molar-refractivity contribution in [3.05, 3.63) is 62.6 Å². The molecule has 0 spiro atoms. The fraction of sp³-hybridized carbons (Fsp3) is 0.409. The molecule has 180 valence electrons.